The molecule has 5 heteroatoms. The summed E-state index contributed by atoms with van der Waals surface area (Å²) >= 11 is 0. The minimum atomic E-state index is 0. The van der Waals surface area contributed by atoms with Gasteiger partial charge in [-0.15, -0.1) is 12.4 Å². The van der Waals surface area contributed by atoms with Gasteiger partial charge in [0.2, 0.25) is 5.91 Å². The van der Waals surface area contributed by atoms with Crippen molar-refractivity contribution >= 4 is 18.3 Å². The standard InChI is InChI=1S/C18H26N2O2.ClH/c1-13(16-10-19-11-16)18(21)20-12-15-8-5-9-22-17(15)14-6-3-2-4-7-14;/h2-4,6-7,13,15-17,19H,5,8-12H2,1H3,(H,20,21);1H. The molecule has 0 aliphatic carbocycles. The van der Waals surface area contributed by atoms with Crippen LogP contribution in [0, 0.1) is 17.8 Å². The summed E-state index contributed by atoms with van der Waals surface area (Å²) in [7, 11) is 0. The van der Waals surface area contributed by atoms with Crippen LogP contribution in [0.5, 0.6) is 0 Å². The molecule has 1 aromatic rings. The molecule has 1 aromatic carbocycles. The highest BCUT2D eigenvalue weighted by Gasteiger charge is 2.31. The Morgan fingerprint density at radius 1 is 1.35 bits per heavy atom. The van der Waals surface area contributed by atoms with Crippen LogP contribution in [0.4, 0.5) is 0 Å². The number of amides is 1. The normalized spacial score (nSPS) is 25.8. The van der Waals surface area contributed by atoms with Crippen LogP contribution in [0.2, 0.25) is 0 Å². The van der Waals surface area contributed by atoms with E-state index in [1.165, 1.54) is 5.56 Å². The molecule has 1 amide bonds. The van der Waals surface area contributed by atoms with E-state index >= 15 is 0 Å². The van der Waals surface area contributed by atoms with Crippen molar-refractivity contribution < 1.29 is 9.53 Å². The maximum atomic E-state index is 12.3. The van der Waals surface area contributed by atoms with E-state index in [2.05, 4.69) is 34.9 Å². The fourth-order valence-electron chi connectivity index (χ4n) is 3.33. The maximum absolute atomic E-state index is 12.3. The van der Waals surface area contributed by atoms with Gasteiger partial charge < -0.3 is 15.4 Å². The summed E-state index contributed by atoms with van der Waals surface area (Å²) in [6.45, 7) is 5.49. The van der Waals surface area contributed by atoms with Gasteiger partial charge in [0, 0.05) is 25.0 Å². The Morgan fingerprint density at radius 2 is 2.09 bits per heavy atom. The number of rotatable bonds is 5. The van der Waals surface area contributed by atoms with E-state index in [0.717, 1.165) is 32.5 Å². The van der Waals surface area contributed by atoms with Crippen LogP contribution in [0.1, 0.15) is 31.4 Å². The molecule has 23 heavy (non-hydrogen) atoms. The zero-order valence-electron chi connectivity index (χ0n) is 13.7. The quantitative estimate of drug-likeness (QED) is 0.867. The van der Waals surface area contributed by atoms with E-state index in [-0.39, 0.29) is 30.3 Å². The van der Waals surface area contributed by atoms with Crippen molar-refractivity contribution in [3.05, 3.63) is 35.9 Å². The van der Waals surface area contributed by atoms with E-state index in [4.69, 9.17) is 4.74 Å². The molecule has 3 rings (SSSR count). The third kappa shape index (κ3) is 4.46. The minimum absolute atomic E-state index is 0. The van der Waals surface area contributed by atoms with Crippen molar-refractivity contribution in [2.24, 2.45) is 17.8 Å². The number of nitrogens with one attached hydrogen (secondary N) is 2. The Bertz CT molecular complexity index is 493. The van der Waals surface area contributed by atoms with Gasteiger partial charge in [-0.2, -0.15) is 0 Å². The second-order valence-corrected chi connectivity index (χ2v) is 6.56. The number of carbonyl (C=O) groups excluding carboxylic acids is 1. The van der Waals surface area contributed by atoms with Gasteiger partial charge in [-0.05, 0) is 37.4 Å². The van der Waals surface area contributed by atoms with Crippen molar-refractivity contribution in [2.75, 3.05) is 26.2 Å². The maximum Gasteiger partial charge on any atom is 0.223 e. The second kappa shape index (κ2) is 8.67. The molecule has 2 fully saturated rings. The Balaban J connectivity index is 0.00000192. The van der Waals surface area contributed by atoms with Crippen LogP contribution in [0.15, 0.2) is 30.3 Å². The van der Waals surface area contributed by atoms with Crippen molar-refractivity contribution in [3.63, 3.8) is 0 Å². The van der Waals surface area contributed by atoms with Crippen molar-refractivity contribution in [1.29, 1.82) is 0 Å². The zero-order valence-corrected chi connectivity index (χ0v) is 14.5. The fourth-order valence-corrected chi connectivity index (χ4v) is 3.33. The average Bonchev–Trinajstić information content (AvgIpc) is 2.52. The summed E-state index contributed by atoms with van der Waals surface area (Å²) in [6.07, 6.45) is 2.29. The molecule has 2 aliphatic heterocycles. The summed E-state index contributed by atoms with van der Waals surface area (Å²) in [5.41, 5.74) is 1.22. The first-order valence-electron chi connectivity index (χ1n) is 8.40. The number of carbonyl (C=O) groups is 1. The molecule has 2 aliphatic rings. The topological polar surface area (TPSA) is 50.4 Å². The van der Waals surface area contributed by atoms with Crippen LogP contribution >= 0.6 is 12.4 Å². The molecule has 128 valence electrons. The Hall–Kier alpha value is -1.10. The lowest BCUT2D eigenvalue weighted by Gasteiger charge is -2.34. The fraction of sp³-hybridized carbons (Fsp3) is 0.611. The van der Waals surface area contributed by atoms with Gasteiger partial charge in [-0.3, -0.25) is 4.79 Å². The highest BCUT2D eigenvalue weighted by Crippen LogP contribution is 2.33. The highest BCUT2D eigenvalue weighted by molar-refractivity contribution is 5.85. The van der Waals surface area contributed by atoms with Crippen LogP contribution in [-0.4, -0.2) is 32.1 Å². The molecule has 3 atom stereocenters. The molecule has 0 bridgehead atoms. The molecule has 0 aromatic heterocycles. The predicted octanol–water partition coefficient (Wildman–Crippen LogP) is 2.55. The van der Waals surface area contributed by atoms with Gasteiger partial charge in [0.05, 0.1) is 6.10 Å². The minimum Gasteiger partial charge on any atom is -0.373 e. The Morgan fingerprint density at radius 3 is 2.74 bits per heavy atom. The third-order valence-corrected chi connectivity index (χ3v) is 5.05. The summed E-state index contributed by atoms with van der Waals surface area (Å²) in [5, 5.41) is 6.39. The number of hydrogen-bond donors (Lipinski definition) is 2. The smallest absolute Gasteiger partial charge is 0.223 e. The van der Waals surface area contributed by atoms with Crippen LogP contribution in [0.3, 0.4) is 0 Å². The molecular formula is C18H27ClN2O2. The number of halogens is 1. The van der Waals surface area contributed by atoms with Gasteiger partial charge >= 0.3 is 0 Å². The molecule has 2 N–H and O–H groups in total. The van der Waals surface area contributed by atoms with Crippen molar-refractivity contribution in [3.8, 4) is 0 Å². The summed E-state index contributed by atoms with van der Waals surface area (Å²) < 4.78 is 5.99. The van der Waals surface area contributed by atoms with E-state index in [1.54, 1.807) is 0 Å². The molecular weight excluding hydrogens is 312 g/mol. The van der Waals surface area contributed by atoms with Gasteiger partial charge in [0.25, 0.3) is 0 Å². The van der Waals surface area contributed by atoms with Gasteiger partial charge in [0.15, 0.2) is 0 Å². The Labute approximate surface area is 144 Å². The zero-order chi connectivity index (χ0) is 15.4. The summed E-state index contributed by atoms with van der Waals surface area (Å²) in [4.78, 5) is 12.3. The third-order valence-electron chi connectivity index (χ3n) is 5.05. The second-order valence-electron chi connectivity index (χ2n) is 6.56. The summed E-state index contributed by atoms with van der Waals surface area (Å²) in [6, 6.07) is 10.4. The van der Waals surface area contributed by atoms with Crippen LogP contribution in [-0.2, 0) is 9.53 Å². The van der Waals surface area contributed by atoms with Crippen molar-refractivity contribution in [1.82, 2.24) is 10.6 Å². The van der Waals surface area contributed by atoms with E-state index in [9.17, 15) is 4.79 Å². The lowest BCUT2D eigenvalue weighted by atomic mass is 9.87. The van der Waals surface area contributed by atoms with Crippen LogP contribution < -0.4 is 10.6 Å². The largest absolute Gasteiger partial charge is 0.373 e. The number of hydrogen-bond acceptors (Lipinski definition) is 3. The molecule has 0 radical (unpaired) electrons. The SMILES string of the molecule is CC(C(=O)NCC1CCCOC1c1ccccc1)C1CNC1.Cl. The Kier molecular flexibility index (Phi) is 6.88. The van der Waals surface area contributed by atoms with Gasteiger partial charge in [-0.25, -0.2) is 0 Å². The molecule has 0 saturated carbocycles. The first kappa shape index (κ1) is 18.2. The van der Waals surface area contributed by atoms with E-state index in [0.29, 0.717) is 18.4 Å². The predicted molar refractivity (Wildman–Crippen MR) is 93.6 cm³/mol. The average molecular weight is 339 g/mol. The lowest BCUT2D eigenvalue weighted by molar-refractivity contribution is -0.127. The van der Waals surface area contributed by atoms with Crippen molar-refractivity contribution in [2.45, 2.75) is 25.9 Å². The first-order valence-corrected chi connectivity index (χ1v) is 8.40. The molecule has 0 spiro atoms. The summed E-state index contributed by atoms with van der Waals surface area (Å²) in [5.74, 6) is 1.14. The van der Waals surface area contributed by atoms with Gasteiger partial charge in [0.1, 0.15) is 0 Å². The van der Waals surface area contributed by atoms with E-state index < -0.39 is 0 Å². The highest BCUT2D eigenvalue weighted by atomic mass is 35.5. The van der Waals surface area contributed by atoms with Gasteiger partial charge in [-0.1, -0.05) is 37.3 Å². The lowest BCUT2D eigenvalue weighted by Crippen LogP contribution is -2.50. The molecule has 3 unspecified atom stereocenters. The number of benzene rings is 1. The molecule has 2 saturated heterocycles. The van der Waals surface area contributed by atoms with Crippen LogP contribution in [0.25, 0.3) is 0 Å². The first-order chi connectivity index (χ1) is 10.8. The molecule has 4 nitrogen and oxygen atoms in total. The van der Waals surface area contributed by atoms with E-state index in [1.807, 2.05) is 13.0 Å². The monoisotopic (exact) mass is 338 g/mol. The number of ether oxygens (including phenoxy) is 1. The molecule has 2 heterocycles.